The molecule has 0 atom stereocenters. The Morgan fingerprint density at radius 2 is 2.00 bits per heavy atom. The maximum absolute atomic E-state index is 5.46. The zero-order valence-corrected chi connectivity index (χ0v) is 8.32. The van der Waals surface area contributed by atoms with Crippen LogP contribution < -0.4 is 5.73 Å². The van der Waals surface area contributed by atoms with Gasteiger partial charge in [-0.2, -0.15) is 0 Å². The van der Waals surface area contributed by atoms with Crippen molar-refractivity contribution >= 4 is 0 Å². The lowest BCUT2D eigenvalue weighted by atomic mass is 10.5. The van der Waals surface area contributed by atoms with Crippen LogP contribution in [0.5, 0.6) is 0 Å². The number of ether oxygens (including phenoxy) is 1. The monoisotopic (exact) mass is 184 g/mol. The highest BCUT2D eigenvalue weighted by Crippen LogP contribution is 2.01. The van der Waals surface area contributed by atoms with Crippen LogP contribution in [-0.2, 0) is 24.9 Å². The first-order chi connectivity index (χ1) is 6.15. The van der Waals surface area contributed by atoms with Gasteiger partial charge in [-0.05, 0) is 13.8 Å². The van der Waals surface area contributed by atoms with Crippen molar-refractivity contribution in [2.45, 2.75) is 33.1 Å². The standard InChI is InChI=1S/C8H16N4O/c1-6(2)13-5-8-11-10-7(4-9)12(8)3/h6H,4-5,9H2,1-3H3. The minimum Gasteiger partial charge on any atom is -0.371 e. The van der Waals surface area contributed by atoms with Gasteiger partial charge in [0.1, 0.15) is 12.4 Å². The molecule has 0 saturated carbocycles. The zero-order valence-electron chi connectivity index (χ0n) is 8.32. The Morgan fingerprint density at radius 3 is 2.46 bits per heavy atom. The van der Waals surface area contributed by atoms with E-state index >= 15 is 0 Å². The van der Waals surface area contributed by atoms with Gasteiger partial charge in [-0.1, -0.05) is 0 Å². The number of hydrogen-bond acceptors (Lipinski definition) is 4. The maximum Gasteiger partial charge on any atom is 0.158 e. The highest BCUT2D eigenvalue weighted by atomic mass is 16.5. The third-order valence-electron chi connectivity index (χ3n) is 1.78. The van der Waals surface area contributed by atoms with Crippen LogP contribution in [0.1, 0.15) is 25.5 Å². The normalized spacial score (nSPS) is 11.2. The molecular weight excluding hydrogens is 168 g/mol. The molecule has 5 nitrogen and oxygen atoms in total. The van der Waals surface area contributed by atoms with Crippen LogP contribution in [0.15, 0.2) is 0 Å². The van der Waals surface area contributed by atoms with Crippen molar-refractivity contribution < 1.29 is 4.74 Å². The third-order valence-corrected chi connectivity index (χ3v) is 1.78. The molecule has 0 aromatic carbocycles. The Kier molecular flexibility index (Phi) is 3.39. The second kappa shape index (κ2) is 4.34. The van der Waals surface area contributed by atoms with Gasteiger partial charge in [0.25, 0.3) is 0 Å². The molecule has 0 aliphatic rings. The van der Waals surface area contributed by atoms with Gasteiger partial charge in [-0.25, -0.2) is 0 Å². The molecule has 0 amide bonds. The minimum absolute atomic E-state index is 0.207. The van der Waals surface area contributed by atoms with Gasteiger partial charge in [0.2, 0.25) is 0 Å². The molecule has 0 bridgehead atoms. The van der Waals surface area contributed by atoms with Crippen molar-refractivity contribution in [3.05, 3.63) is 11.6 Å². The average molecular weight is 184 g/mol. The number of hydrogen-bond donors (Lipinski definition) is 1. The predicted molar refractivity (Wildman–Crippen MR) is 48.8 cm³/mol. The van der Waals surface area contributed by atoms with Crippen LogP contribution in [0.4, 0.5) is 0 Å². The Bertz CT molecular complexity index is 269. The lowest BCUT2D eigenvalue weighted by Gasteiger charge is -2.06. The Balaban J connectivity index is 2.62. The lowest BCUT2D eigenvalue weighted by Crippen LogP contribution is -2.09. The molecule has 1 rings (SSSR count). The average Bonchev–Trinajstić information content (AvgIpc) is 2.43. The molecule has 1 heterocycles. The SMILES string of the molecule is CC(C)OCc1nnc(CN)n1C. The molecule has 0 saturated heterocycles. The molecule has 0 radical (unpaired) electrons. The summed E-state index contributed by atoms with van der Waals surface area (Å²) in [6.45, 7) is 4.87. The molecule has 5 heteroatoms. The fraction of sp³-hybridized carbons (Fsp3) is 0.750. The van der Waals surface area contributed by atoms with Gasteiger partial charge < -0.3 is 15.0 Å². The van der Waals surface area contributed by atoms with Gasteiger partial charge >= 0.3 is 0 Å². The predicted octanol–water partition coefficient (Wildman–Crippen LogP) is 0.199. The maximum atomic E-state index is 5.46. The second-order valence-electron chi connectivity index (χ2n) is 3.16. The summed E-state index contributed by atoms with van der Waals surface area (Å²) >= 11 is 0. The van der Waals surface area contributed by atoms with E-state index in [-0.39, 0.29) is 6.10 Å². The van der Waals surface area contributed by atoms with E-state index in [1.54, 1.807) is 0 Å². The summed E-state index contributed by atoms with van der Waals surface area (Å²) < 4.78 is 7.27. The number of aromatic nitrogens is 3. The van der Waals surface area contributed by atoms with Crippen LogP contribution in [-0.4, -0.2) is 20.9 Å². The molecule has 1 aromatic rings. The molecule has 0 fully saturated rings. The quantitative estimate of drug-likeness (QED) is 0.726. The minimum atomic E-state index is 0.207. The highest BCUT2D eigenvalue weighted by Gasteiger charge is 2.07. The van der Waals surface area contributed by atoms with Gasteiger partial charge in [-0.15, -0.1) is 10.2 Å². The fourth-order valence-electron chi connectivity index (χ4n) is 0.943. The van der Waals surface area contributed by atoms with E-state index in [4.69, 9.17) is 10.5 Å². The molecule has 0 spiro atoms. The molecule has 1 aromatic heterocycles. The van der Waals surface area contributed by atoms with Crippen LogP contribution in [0.3, 0.4) is 0 Å². The summed E-state index contributed by atoms with van der Waals surface area (Å²) in [7, 11) is 1.89. The van der Waals surface area contributed by atoms with E-state index in [2.05, 4.69) is 10.2 Å². The Morgan fingerprint density at radius 1 is 1.38 bits per heavy atom. The molecular formula is C8H16N4O. The van der Waals surface area contributed by atoms with Crippen molar-refractivity contribution in [1.29, 1.82) is 0 Å². The van der Waals surface area contributed by atoms with Crippen molar-refractivity contribution in [2.75, 3.05) is 0 Å². The summed E-state index contributed by atoms with van der Waals surface area (Å²) in [6, 6.07) is 0. The Labute approximate surface area is 77.9 Å². The molecule has 13 heavy (non-hydrogen) atoms. The molecule has 2 N–H and O–H groups in total. The first kappa shape index (κ1) is 10.1. The van der Waals surface area contributed by atoms with E-state index < -0.39 is 0 Å². The largest absolute Gasteiger partial charge is 0.371 e. The fourth-order valence-corrected chi connectivity index (χ4v) is 0.943. The highest BCUT2D eigenvalue weighted by molar-refractivity contribution is 4.92. The summed E-state index contributed by atoms with van der Waals surface area (Å²) in [5.74, 6) is 1.59. The van der Waals surface area contributed by atoms with Crippen molar-refractivity contribution in [3.8, 4) is 0 Å². The van der Waals surface area contributed by atoms with Crippen molar-refractivity contribution in [3.63, 3.8) is 0 Å². The lowest BCUT2D eigenvalue weighted by molar-refractivity contribution is 0.0597. The van der Waals surface area contributed by atoms with Crippen molar-refractivity contribution in [1.82, 2.24) is 14.8 Å². The number of rotatable bonds is 4. The van der Waals surface area contributed by atoms with Gasteiger partial charge in [0, 0.05) is 7.05 Å². The Hall–Kier alpha value is -0.940. The second-order valence-corrected chi connectivity index (χ2v) is 3.16. The topological polar surface area (TPSA) is 66.0 Å². The van der Waals surface area contributed by atoms with Gasteiger partial charge in [0.15, 0.2) is 5.82 Å². The molecule has 74 valence electrons. The number of nitrogens with two attached hydrogens (primary N) is 1. The van der Waals surface area contributed by atoms with E-state index in [0.29, 0.717) is 13.2 Å². The zero-order chi connectivity index (χ0) is 9.84. The first-order valence-corrected chi connectivity index (χ1v) is 4.34. The summed E-state index contributed by atoms with van der Waals surface area (Å²) in [5.41, 5.74) is 5.46. The smallest absolute Gasteiger partial charge is 0.158 e. The van der Waals surface area contributed by atoms with Gasteiger partial charge in [-0.3, -0.25) is 0 Å². The van der Waals surface area contributed by atoms with Gasteiger partial charge in [0.05, 0.1) is 12.6 Å². The van der Waals surface area contributed by atoms with E-state index in [9.17, 15) is 0 Å². The van der Waals surface area contributed by atoms with Crippen LogP contribution in [0, 0.1) is 0 Å². The van der Waals surface area contributed by atoms with E-state index in [0.717, 1.165) is 11.6 Å². The summed E-state index contributed by atoms with van der Waals surface area (Å²) in [4.78, 5) is 0. The summed E-state index contributed by atoms with van der Waals surface area (Å²) in [6.07, 6.45) is 0.207. The molecule has 0 aliphatic carbocycles. The van der Waals surface area contributed by atoms with E-state index in [1.807, 2.05) is 25.5 Å². The third kappa shape index (κ3) is 2.50. The van der Waals surface area contributed by atoms with Crippen LogP contribution in [0.2, 0.25) is 0 Å². The summed E-state index contributed by atoms with van der Waals surface area (Å²) in [5, 5.41) is 7.89. The first-order valence-electron chi connectivity index (χ1n) is 4.34. The van der Waals surface area contributed by atoms with Crippen LogP contribution >= 0.6 is 0 Å². The van der Waals surface area contributed by atoms with E-state index in [1.165, 1.54) is 0 Å². The van der Waals surface area contributed by atoms with Crippen molar-refractivity contribution in [2.24, 2.45) is 12.8 Å². The molecule has 0 unspecified atom stereocenters. The number of nitrogens with zero attached hydrogens (tertiary/aromatic N) is 3. The molecule has 0 aliphatic heterocycles. The van der Waals surface area contributed by atoms with Crippen LogP contribution in [0.25, 0.3) is 0 Å².